The van der Waals surface area contributed by atoms with E-state index >= 15 is 0 Å². The SMILES string of the molecule is CCOc1cc(CNC(=NC)N2CCN(C(C)C(F)(F)F)CC2)ccn1. The molecule has 0 aliphatic carbocycles. The minimum atomic E-state index is -4.19. The lowest BCUT2D eigenvalue weighted by molar-refractivity contribution is -0.181. The van der Waals surface area contributed by atoms with Crippen LogP contribution in [-0.2, 0) is 6.54 Å². The van der Waals surface area contributed by atoms with Crippen LogP contribution < -0.4 is 10.1 Å². The Balaban J connectivity index is 1.87. The molecule has 0 saturated carbocycles. The lowest BCUT2D eigenvalue weighted by atomic mass is 10.2. The van der Waals surface area contributed by atoms with Crippen LogP contribution in [0.5, 0.6) is 5.88 Å². The van der Waals surface area contributed by atoms with Crippen LogP contribution in [0.1, 0.15) is 19.4 Å². The maximum Gasteiger partial charge on any atom is 0.403 e. The first-order valence-corrected chi connectivity index (χ1v) is 8.69. The molecule has 9 heteroatoms. The normalized spacial score (nSPS) is 17.9. The van der Waals surface area contributed by atoms with Gasteiger partial charge in [0.1, 0.15) is 6.04 Å². The van der Waals surface area contributed by atoms with Crippen LogP contribution in [0, 0.1) is 0 Å². The van der Waals surface area contributed by atoms with Gasteiger partial charge in [0, 0.05) is 52.0 Å². The van der Waals surface area contributed by atoms with Crippen molar-refractivity contribution < 1.29 is 17.9 Å². The third kappa shape index (κ3) is 5.48. The van der Waals surface area contributed by atoms with Gasteiger partial charge < -0.3 is 15.0 Å². The van der Waals surface area contributed by atoms with E-state index in [-0.39, 0.29) is 0 Å². The summed E-state index contributed by atoms with van der Waals surface area (Å²) in [5, 5.41) is 3.25. The van der Waals surface area contributed by atoms with Crippen molar-refractivity contribution in [2.75, 3.05) is 39.8 Å². The van der Waals surface area contributed by atoms with Crippen molar-refractivity contribution in [2.24, 2.45) is 4.99 Å². The van der Waals surface area contributed by atoms with Gasteiger partial charge >= 0.3 is 6.18 Å². The largest absolute Gasteiger partial charge is 0.478 e. The van der Waals surface area contributed by atoms with Gasteiger partial charge in [-0.15, -0.1) is 0 Å². The lowest BCUT2D eigenvalue weighted by Crippen LogP contribution is -2.56. The Morgan fingerprint density at radius 1 is 1.35 bits per heavy atom. The predicted octanol–water partition coefficient (Wildman–Crippen LogP) is 2.12. The highest BCUT2D eigenvalue weighted by atomic mass is 19.4. The quantitative estimate of drug-likeness (QED) is 0.633. The molecule has 1 saturated heterocycles. The summed E-state index contributed by atoms with van der Waals surface area (Å²) in [6.07, 6.45) is -2.51. The number of rotatable bonds is 5. The van der Waals surface area contributed by atoms with E-state index in [2.05, 4.69) is 15.3 Å². The number of alkyl halides is 3. The van der Waals surface area contributed by atoms with Crippen molar-refractivity contribution in [3.8, 4) is 5.88 Å². The number of nitrogens with zero attached hydrogens (tertiary/aromatic N) is 4. The molecule has 0 bridgehead atoms. The molecule has 1 aromatic heterocycles. The number of aliphatic imine (C=N–C) groups is 1. The number of halogens is 3. The standard InChI is InChI=1S/C17H26F3N5O/c1-4-26-15-11-14(5-6-22-15)12-23-16(21-3)25-9-7-24(8-10-25)13(2)17(18,19)20/h5-6,11,13H,4,7-10,12H2,1-3H3,(H,21,23). The zero-order chi connectivity index (χ0) is 19.2. The van der Waals surface area contributed by atoms with Crippen LogP contribution in [0.3, 0.4) is 0 Å². The molecule has 2 rings (SSSR count). The first-order valence-electron chi connectivity index (χ1n) is 8.69. The van der Waals surface area contributed by atoms with Crippen LogP contribution in [0.25, 0.3) is 0 Å². The fourth-order valence-electron chi connectivity index (χ4n) is 2.83. The molecule has 1 atom stereocenters. The van der Waals surface area contributed by atoms with E-state index in [0.717, 1.165) is 5.56 Å². The van der Waals surface area contributed by atoms with Crippen molar-refractivity contribution >= 4 is 5.96 Å². The lowest BCUT2D eigenvalue weighted by Gasteiger charge is -2.39. The highest BCUT2D eigenvalue weighted by Crippen LogP contribution is 2.25. The second-order valence-corrected chi connectivity index (χ2v) is 6.08. The monoisotopic (exact) mass is 373 g/mol. The maximum absolute atomic E-state index is 12.8. The molecule has 6 nitrogen and oxygen atoms in total. The van der Waals surface area contributed by atoms with Gasteiger partial charge in [-0.3, -0.25) is 9.89 Å². The third-order valence-corrected chi connectivity index (χ3v) is 4.39. The molecule has 1 aromatic rings. The highest BCUT2D eigenvalue weighted by Gasteiger charge is 2.41. The van der Waals surface area contributed by atoms with Crippen LogP contribution in [0.15, 0.2) is 23.3 Å². The number of ether oxygens (including phenoxy) is 1. The van der Waals surface area contributed by atoms with Gasteiger partial charge in [0.05, 0.1) is 6.61 Å². The highest BCUT2D eigenvalue weighted by molar-refractivity contribution is 5.80. The van der Waals surface area contributed by atoms with Crippen molar-refractivity contribution in [1.82, 2.24) is 20.1 Å². The van der Waals surface area contributed by atoms with Gasteiger partial charge in [0.15, 0.2) is 5.96 Å². The minimum Gasteiger partial charge on any atom is -0.478 e. The van der Waals surface area contributed by atoms with Crippen molar-refractivity contribution in [1.29, 1.82) is 0 Å². The number of piperazine rings is 1. The number of hydrogen-bond donors (Lipinski definition) is 1. The molecule has 0 radical (unpaired) electrons. The minimum absolute atomic E-state index is 0.352. The Labute approximate surface area is 152 Å². The summed E-state index contributed by atoms with van der Waals surface area (Å²) in [5.74, 6) is 1.25. The number of nitrogens with one attached hydrogen (secondary N) is 1. The predicted molar refractivity (Wildman–Crippen MR) is 94.3 cm³/mol. The zero-order valence-corrected chi connectivity index (χ0v) is 15.4. The van der Waals surface area contributed by atoms with Gasteiger partial charge in [0.2, 0.25) is 5.88 Å². The first-order chi connectivity index (χ1) is 12.3. The molecule has 0 aromatic carbocycles. The van der Waals surface area contributed by atoms with Gasteiger partial charge in [0.25, 0.3) is 0 Å². The van der Waals surface area contributed by atoms with Gasteiger partial charge in [-0.2, -0.15) is 13.2 Å². The van der Waals surface area contributed by atoms with Crippen LogP contribution in [0.4, 0.5) is 13.2 Å². The fraction of sp³-hybridized carbons (Fsp3) is 0.647. The van der Waals surface area contributed by atoms with Gasteiger partial charge in [-0.25, -0.2) is 4.98 Å². The Morgan fingerprint density at radius 2 is 2.04 bits per heavy atom. The fourth-order valence-corrected chi connectivity index (χ4v) is 2.83. The molecule has 26 heavy (non-hydrogen) atoms. The van der Waals surface area contributed by atoms with Crippen molar-refractivity contribution in [2.45, 2.75) is 32.6 Å². The van der Waals surface area contributed by atoms with E-state index in [4.69, 9.17) is 4.74 Å². The first kappa shape index (κ1) is 20.3. The topological polar surface area (TPSA) is 53.0 Å². The molecule has 1 aliphatic rings. The molecule has 1 unspecified atom stereocenters. The van der Waals surface area contributed by atoms with E-state index in [1.807, 2.05) is 24.0 Å². The van der Waals surface area contributed by atoms with Crippen molar-refractivity contribution in [3.05, 3.63) is 23.9 Å². The second-order valence-electron chi connectivity index (χ2n) is 6.08. The summed E-state index contributed by atoms with van der Waals surface area (Å²) in [6.45, 7) is 5.90. The van der Waals surface area contributed by atoms with Gasteiger partial charge in [-0.1, -0.05) is 0 Å². The maximum atomic E-state index is 12.8. The molecule has 1 aliphatic heterocycles. The van der Waals surface area contributed by atoms with Crippen molar-refractivity contribution in [3.63, 3.8) is 0 Å². The average Bonchev–Trinajstić information content (AvgIpc) is 2.62. The number of aromatic nitrogens is 1. The summed E-state index contributed by atoms with van der Waals surface area (Å²) in [6, 6.07) is 2.31. The Bertz CT molecular complexity index is 600. The summed E-state index contributed by atoms with van der Waals surface area (Å²) >= 11 is 0. The summed E-state index contributed by atoms with van der Waals surface area (Å²) in [5.41, 5.74) is 0.994. The van der Waals surface area contributed by atoms with Gasteiger partial charge in [-0.05, 0) is 25.5 Å². The van der Waals surface area contributed by atoms with Crippen LogP contribution in [-0.4, -0.2) is 72.8 Å². The zero-order valence-electron chi connectivity index (χ0n) is 15.4. The van der Waals surface area contributed by atoms with E-state index < -0.39 is 12.2 Å². The third-order valence-electron chi connectivity index (χ3n) is 4.39. The number of pyridine rings is 1. The number of hydrogen-bond acceptors (Lipinski definition) is 4. The summed E-state index contributed by atoms with van der Waals surface area (Å²) in [4.78, 5) is 11.8. The summed E-state index contributed by atoms with van der Waals surface area (Å²) < 4.78 is 43.9. The van der Waals surface area contributed by atoms with Crippen LogP contribution >= 0.6 is 0 Å². The number of guanidine groups is 1. The smallest absolute Gasteiger partial charge is 0.403 e. The molecule has 1 fully saturated rings. The molecule has 0 spiro atoms. The average molecular weight is 373 g/mol. The van der Waals surface area contributed by atoms with E-state index in [1.54, 1.807) is 13.2 Å². The van der Waals surface area contributed by atoms with Crippen LogP contribution in [0.2, 0.25) is 0 Å². The Hall–Kier alpha value is -2.03. The molecule has 2 heterocycles. The second kappa shape index (κ2) is 9.07. The molecule has 146 valence electrons. The summed E-state index contributed by atoms with van der Waals surface area (Å²) in [7, 11) is 1.67. The molecular formula is C17H26F3N5O. The van der Waals surface area contributed by atoms with E-state index in [0.29, 0.717) is 51.2 Å². The Kier molecular flexibility index (Phi) is 7.07. The van der Waals surface area contributed by atoms with E-state index in [1.165, 1.54) is 11.8 Å². The molecular weight excluding hydrogens is 347 g/mol. The molecule has 1 N–H and O–H groups in total. The Morgan fingerprint density at radius 3 is 2.62 bits per heavy atom. The molecule has 0 amide bonds. The van der Waals surface area contributed by atoms with E-state index in [9.17, 15) is 13.2 Å².